The van der Waals surface area contributed by atoms with Gasteiger partial charge in [-0.25, -0.2) is 0 Å². The molecular formula is C12H20N2OS3. The standard InChI is InChI=1S/C12H20N2OS3/c1-9(2)5-6-16-10-7-17-12(8-13,18-10)11(15)14(3)4/h9-10H,5-7H2,1-4H3. The summed E-state index contributed by atoms with van der Waals surface area (Å²) < 4.78 is -0.559. The van der Waals surface area contributed by atoms with Crippen molar-refractivity contribution in [3.8, 4) is 6.07 Å². The van der Waals surface area contributed by atoms with Crippen molar-refractivity contribution < 1.29 is 4.79 Å². The number of nitriles is 1. The number of amides is 1. The molecule has 6 heteroatoms. The Morgan fingerprint density at radius 1 is 1.61 bits per heavy atom. The van der Waals surface area contributed by atoms with Crippen LogP contribution in [0, 0.1) is 17.2 Å². The van der Waals surface area contributed by atoms with E-state index in [-0.39, 0.29) is 5.91 Å². The minimum absolute atomic E-state index is 0.0908. The Bertz CT molecular complexity index is 341. The first-order valence-corrected chi connectivity index (χ1v) is 8.89. The third-order valence-electron chi connectivity index (χ3n) is 2.55. The van der Waals surface area contributed by atoms with Gasteiger partial charge in [0.15, 0.2) is 0 Å². The normalized spacial score (nSPS) is 27.2. The molecule has 1 saturated heterocycles. The van der Waals surface area contributed by atoms with Crippen molar-refractivity contribution in [1.29, 1.82) is 5.26 Å². The fourth-order valence-electron chi connectivity index (χ4n) is 1.47. The lowest BCUT2D eigenvalue weighted by Crippen LogP contribution is -2.38. The van der Waals surface area contributed by atoms with Crippen molar-refractivity contribution in [3.05, 3.63) is 0 Å². The summed E-state index contributed by atoms with van der Waals surface area (Å²) in [5.41, 5.74) is 0. The van der Waals surface area contributed by atoms with Gasteiger partial charge in [0.2, 0.25) is 4.08 Å². The summed E-state index contributed by atoms with van der Waals surface area (Å²) in [7, 11) is 3.42. The van der Waals surface area contributed by atoms with Gasteiger partial charge in [0.05, 0.1) is 4.58 Å². The van der Waals surface area contributed by atoms with E-state index in [9.17, 15) is 10.1 Å². The second-order valence-corrected chi connectivity index (χ2v) is 9.36. The molecule has 3 nitrogen and oxygen atoms in total. The molecule has 0 aromatic carbocycles. The summed E-state index contributed by atoms with van der Waals surface area (Å²) in [6, 6.07) is 2.21. The van der Waals surface area contributed by atoms with E-state index in [1.807, 2.05) is 11.8 Å². The number of carbonyl (C=O) groups is 1. The van der Waals surface area contributed by atoms with E-state index in [1.54, 1.807) is 14.1 Å². The molecule has 0 radical (unpaired) electrons. The first-order valence-electron chi connectivity index (χ1n) is 5.97. The van der Waals surface area contributed by atoms with Gasteiger partial charge in [-0.3, -0.25) is 4.79 Å². The molecule has 0 aromatic heterocycles. The van der Waals surface area contributed by atoms with Gasteiger partial charge < -0.3 is 4.90 Å². The zero-order chi connectivity index (χ0) is 13.8. The van der Waals surface area contributed by atoms with Gasteiger partial charge in [0.1, 0.15) is 6.07 Å². The van der Waals surface area contributed by atoms with Crippen molar-refractivity contribution in [1.82, 2.24) is 4.90 Å². The first-order chi connectivity index (χ1) is 8.41. The van der Waals surface area contributed by atoms with Gasteiger partial charge in [-0.15, -0.1) is 35.3 Å². The smallest absolute Gasteiger partial charge is 0.263 e. The second kappa shape index (κ2) is 6.97. The van der Waals surface area contributed by atoms with Crippen molar-refractivity contribution in [3.63, 3.8) is 0 Å². The molecule has 2 atom stereocenters. The highest BCUT2D eigenvalue weighted by Gasteiger charge is 2.48. The Kier molecular flexibility index (Phi) is 6.22. The molecule has 1 heterocycles. The molecule has 1 aliphatic rings. The van der Waals surface area contributed by atoms with Crippen molar-refractivity contribution in [2.24, 2.45) is 5.92 Å². The number of hydrogen-bond donors (Lipinski definition) is 0. The molecule has 0 N–H and O–H groups in total. The maximum Gasteiger partial charge on any atom is 0.263 e. The molecule has 102 valence electrons. The van der Waals surface area contributed by atoms with Gasteiger partial charge in [0.25, 0.3) is 5.91 Å². The topological polar surface area (TPSA) is 44.1 Å². The first kappa shape index (κ1) is 16.1. The lowest BCUT2D eigenvalue weighted by atomic mass is 10.2. The quantitative estimate of drug-likeness (QED) is 0.781. The van der Waals surface area contributed by atoms with E-state index < -0.39 is 4.08 Å². The van der Waals surface area contributed by atoms with Crippen LogP contribution in [-0.4, -0.2) is 45.1 Å². The fraction of sp³-hybridized carbons (Fsp3) is 0.833. The van der Waals surface area contributed by atoms with Crippen molar-refractivity contribution in [2.45, 2.75) is 28.9 Å². The number of carbonyl (C=O) groups excluding carboxylic acids is 1. The molecule has 0 aromatic rings. The lowest BCUT2D eigenvalue weighted by Gasteiger charge is -2.22. The summed E-state index contributed by atoms with van der Waals surface area (Å²) in [6.07, 6.45) is 1.19. The minimum Gasteiger partial charge on any atom is -0.346 e. The Balaban J connectivity index is 2.52. The number of hydrogen-bond acceptors (Lipinski definition) is 5. The Morgan fingerprint density at radius 2 is 2.28 bits per heavy atom. The molecule has 2 unspecified atom stereocenters. The molecule has 1 fully saturated rings. The van der Waals surface area contributed by atoms with E-state index in [2.05, 4.69) is 19.9 Å². The SMILES string of the molecule is CC(C)CCSC1CSC(C#N)(C(=O)N(C)C)S1. The molecule has 0 bridgehead atoms. The third-order valence-corrected chi connectivity index (χ3v) is 7.52. The molecule has 1 amide bonds. The fourth-order valence-corrected chi connectivity index (χ4v) is 6.85. The summed E-state index contributed by atoms with van der Waals surface area (Å²) in [4.78, 5) is 13.6. The van der Waals surface area contributed by atoms with E-state index in [0.717, 1.165) is 11.5 Å². The third kappa shape index (κ3) is 4.01. The predicted octanol–water partition coefficient (Wildman–Crippen LogP) is 2.88. The van der Waals surface area contributed by atoms with Crippen LogP contribution in [0.25, 0.3) is 0 Å². The van der Waals surface area contributed by atoms with Crippen LogP contribution in [-0.2, 0) is 4.79 Å². The van der Waals surface area contributed by atoms with Crippen LogP contribution in [0.1, 0.15) is 20.3 Å². The van der Waals surface area contributed by atoms with Crippen LogP contribution >= 0.6 is 35.3 Å². The average molecular weight is 305 g/mol. The molecule has 0 spiro atoms. The van der Waals surface area contributed by atoms with Crippen LogP contribution in [0.15, 0.2) is 0 Å². The van der Waals surface area contributed by atoms with Crippen LogP contribution < -0.4 is 0 Å². The summed E-state index contributed by atoms with van der Waals surface area (Å²) in [6.45, 7) is 4.43. The molecule has 0 aliphatic carbocycles. The molecule has 18 heavy (non-hydrogen) atoms. The summed E-state index contributed by atoms with van der Waals surface area (Å²) in [5, 5.41) is 9.32. The van der Waals surface area contributed by atoms with E-state index >= 15 is 0 Å². The van der Waals surface area contributed by atoms with Crippen molar-refractivity contribution in [2.75, 3.05) is 25.6 Å². The highest BCUT2D eigenvalue weighted by atomic mass is 32.2. The minimum atomic E-state index is -0.918. The van der Waals surface area contributed by atoms with E-state index in [0.29, 0.717) is 10.5 Å². The van der Waals surface area contributed by atoms with Crippen LogP contribution in [0.2, 0.25) is 0 Å². The van der Waals surface area contributed by atoms with Gasteiger partial charge in [-0.2, -0.15) is 5.26 Å². The Labute approximate surface area is 122 Å². The monoisotopic (exact) mass is 304 g/mol. The highest BCUT2D eigenvalue weighted by Crippen LogP contribution is 2.52. The Hall–Kier alpha value is 0.01000. The van der Waals surface area contributed by atoms with Crippen LogP contribution in [0.3, 0.4) is 0 Å². The van der Waals surface area contributed by atoms with Gasteiger partial charge in [-0.05, 0) is 18.1 Å². The van der Waals surface area contributed by atoms with Crippen LogP contribution in [0.5, 0.6) is 0 Å². The second-order valence-electron chi connectivity index (χ2n) is 4.84. The van der Waals surface area contributed by atoms with Crippen molar-refractivity contribution >= 4 is 41.2 Å². The van der Waals surface area contributed by atoms with Gasteiger partial charge in [-0.1, -0.05) is 13.8 Å². The van der Waals surface area contributed by atoms with E-state index in [1.165, 1.54) is 34.8 Å². The van der Waals surface area contributed by atoms with E-state index in [4.69, 9.17) is 0 Å². The lowest BCUT2D eigenvalue weighted by molar-refractivity contribution is -0.127. The molecule has 0 saturated carbocycles. The number of thioether (sulfide) groups is 3. The van der Waals surface area contributed by atoms with Crippen LogP contribution in [0.4, 0.5) is 0 Å². The predicted molar refractivity (Wildman–Crippen MR) is 82.8 cm³/mol. The summed E-state index contributed by atoms with van der Waals surface area (Å²) >= 11 is 4.88. The molecule has 1 rings (SSSR count). The highest BCUT2D eigenvalue weighted by molar-refractivity contribution is 8.29. The molecule has 1 aliphatic heterocycles. The summed E-state index contributed by atoms with van der Waals surface area (Å²) in [5.74, 6) is 2.60. The Morgan fingerprint density at radius 3 is 2.78 bits per heavy atom. The zero-order valence-corrected chi connectivity index (χ0v) is 13.8. The number of nitrogens with zero attached hydrogens (tertiary/aromatic N) is 2. The van der Waals surface area contributed by atoms with Gasteiger partial charge in [0, 0.05) is 19.8 Å². The largest absolute Gasteiger partial charge is 0.346 e. The maximum absolute atomic E-state index is 12.1. The van der Waals surface area contributed by atoms with Gasteiger partial charge >= 0.3 is 0 Å². The average Bonchev–Trinajstić information content (AvgIpc) is 2.72. The maximum atomic E-state index is 12.1. The number of rotatable bonds is 5. The zero-order valence-electron chi connectivity index (χ0n) is 11.3. The molecular weight excluding hydrogens is 284 g/mol.